The summed E-state index contributed by atoms with van der Waals surface area (Å²) in [4.78, 5) is 0. The first-order chi connectivity index (χ1) is 16.8. The number of rotatable bonds is 10. The lowest BCUT2D eigenvalue weighted by molar-refractivity contribution is -0.476. The zero-order valence-electron chi connectivity index (χ0n) is 18.4. The van der Waals surface area contributed by atoms with E-state index in [1.807, 2.05) is 0 Å². The van der Waals surface area contributed by atoms with E-state index in [1.165, 1.54) is 0 Å². The first-order valence-electron chi connectivity index (χ1n) is 9.88. The van der Waals surface area contributed by atoms with E-state index in [-0.39, 0.29) is 6.42 Å². The summed E-state index contributed by atoms with van der Waals surface area (Å²) in [5.41, 5.74) is 0. The Labute approximate surface area is 204 Å². The molecule has 0 N–H and O–H groups in total. The van der Waals surface area contributed by atoms with Crippen molar-refractivity contribution in [3.05, 3.63) is 0 Å². The van der Waals surface area contributed by atoms with Gasteiger partial charge in [-0.25, -0.2) is 0 Å². The summed E-state index contributed by atoms with van der Waals surface area (Å²) < 4.78 is 288. The van der Waals surface area contributed by atoms with Crippen molar-refractivity contribution in [2.45, 2.75) is 90.5 Å². The predicted octanol–water partition coefficient (Wildman–Crippen LogP) is 7.38. The van der Waals surface area contributed by atoms with Crippen molar-refractivity contribution in [3.8, 4) is 0 Å². The highest BCUT2D eigenvalue weighted by atomic mass is 28.2. The zero-order chi connectivity index (χ0) is 31.7. The van der Waals surface area contributed by atoms with Gasteiger partial charge in [-0.2, -0.15) is 92.2 Å². The molecule has 0 saturated carbocycles. The molecule has 0 aromatic carbocycles. The van der Waals surface area contributed by atoms with Gasteiger partial charge >= 0.3 is 59.5 Å². The quantitative estimate of drug-likeness (QED) is 0.178. The van der Waals surface area contributed by atoms with Crippen LogP contribution in [-0.4, -0.2) is 80.8 Å². The Kier molecular flexibility index (Phi) is 8.58. The summed E-state index contributed by atoms with van der Waals surface area (Å²) in [6, 6.07) is 0. The highest BCUT2D eigenvalue weighted by Crippen LogP contribution is 2.67. The van der Waals surface area contributed by atoms with Gasteiger partial charge in [-0.3, -0.25) is 0 Å². The summed E-state index contributed by atoms with van der Waals surface area (Å²) in [5.74, 6) is -76.8. The van der Waals surface area contributed by atoms with Crippen LogP contribution in [0, 0.1) is 0 Å². The van der Waals surface area contributed by atoms with Crippen molar-refractivity contribution >= 4 is 9.52 Å². The molecule has 1 nitrogen and oxygen atoms in total. The smallest absolute Gasteiger partial charge is 0.373 e. The van der Waals surface area contributed by atoms with E-state index in [0.717, 1.165) is 0 Å². The molecule has 23 heteroatoms. The third-order valence-corrected chi connectivity index (χ3v) is 8.15. The Morgan fingerprint density at radius 1 is 0.462 bits per heavy atom. The predicted molar refractivity (Wildman–Crippen MR) is 87.5 cm³/mol. The van der Waals surface area contributed by atoms with Crippen LogP contribution in [0.2, 0.25) is 6.55 Å². The van der Waals surface area contributed by atoms with Gasteiger partial charge in [-0.1, -0.05) is 6.55 Å². The maximum absolute atomic E-state index is 14.6. The Morgan fingerprint density at radius 2 is 0.769 bits per heavy atom. The lowest BCUT2D eigenvalue weighted by Gasteiger charge is -2.49. The largest absolute Gasteiger partial charge is 0.460 e. The Bertz CT molecular complexity index is 885. The Morgan fingerprint density at radius 3 is 1.03 bits per heavy atom. The first-order valence-corrected chi connectivity index (χ1v) is 12.0. The Balaban J connectivity index is 3.82. The Hall–Kier alpha value is -1.29. The second-order valence-electron chi connectivity index (χ2n) is 8.32. The van der Waals surface area contributed by atoms with E-state index in [1.54, 1.807) is 0 Å². The summed E-state index contributed by atoms with van der Waals surface area (Å²) in [5, 5.41) is -3.75. The number of hydrogen-bond acceptors (Lipinski definition) is 1. The topological polar surface area (TPSA) is 9.23 Å². The van der Waals surface area contributed by atoms with Gasteiger partial charge in [0, 0.05) is 6.61 Å². The van der Waals surface area contributed by atoms with Gasteiger partial charge in [0.15, 0.2) is 0 Å². The molecule has 1 heterocycles. The molecule has 0 aliphatic carbocycles. The van der Waals surface area contributed by atoms with Crippen LogP contribution in [0.4, 0.5) is 92.2 Å². The van der Waals surface area contributed by atoms with Gasteiger partial charge in [0.05, 0.1) is 9.52 Å². The fraction of sp³-hybridized carbons (Fsp3) is 1.00. The molecule has 1 atom stereocenters. The third-order valence-electron chi connectivity index (χ3n) is 6.01. The molecule has 0 aromatic heterocycles. The van der Waals surface area contributed by atoms with Gasteiger partial charge in [0.1, 0.15) is 5.22 Å². The van der Waals surface area contributed by atoms with Crippen LogP contribution >= 0.6 is 0 Å². The second kappa shape index (κ2) is 9.36. The van der Waals surface area contributed by atoms with E-state index in [9.17, 15) is 92.2 Å². The standard InChI is InChI=1S/C16H13F21OSi/c1-39-6(4-2-3-5-38-6)7(17,18)8(19,20)9(21,22)10(23,24)11(25,26)12(27,28)13(29,30)14(31,32)15(33,34)16(35,36)37/h2-5,39H2,1H3. The lowest BCUT2D eigenvalue weighted by Crippen LogP contribution is -2.78. The third kappa shape index (κ3) is 4.27. The molecule has 0 radical (unpaired) electrons. The summed E-state index contributed by atoms with van der Waals surface area (Å²) in [6.07, 6.45) is -10.1. The average Bonchev–Trinajstić information content (AvgIpc) is 2.77. The SMILES string of the molecule is C[SiH2]C1(C(F)(F)C(F)(F)C(F)(F)C(F)(F)C(F)(F)C(F)(F)C(F)(F)C(F)(F)C(F)(F)C(F)(F)F)CCCCO1. The molecular weight excluding hydrogens is 635 g/mol. The van der Waals surface area contributed by atoms with E-state index in [0.29, 0.717) is 6.55 Å². The molecule has 234 valence electrons. The van der Waals surface area contributed by atoms with Crippen LogP contribution < -0.4 is 0 Å². The number of alkyl halides is 21. The van der Waals surface area contributed by atoms with Gasteiger partial charge in [-0.05, 0) is 19.3 Å². The molecule has 1 saturated heterocycles. The number of halogens is 21. The van der Waals surface area contributed by atoms with Gasteiger partial charge in [-0.15, -0.1) is 0 Å². The average molecular weight is 648 g/mol. The van der Waals surface area contributed by atoms with Crippen LogP contribution in [0.1, 0.15) is 19.3 Å². The fourth-order valence-corrected chi connectivity index (χ4v) is 5.06. The molecule has 0 aromatic rings. The normalized spacial score (nSPS) is 22.6. The molecule has 1 rings (SSSR count). The summed E-state index contributed by atoms with van der Waals surface area (Å²) in [6.45, 7) is -0.282. The molecule has 0 amide bonds. The molecular formula is C16H13F21OSi. The monoisotopic (exact) mass is 648 g/mol. The van der Waals surface area contributed by atoms with Crippen molar-refractivity contribution in [1.82, 2.24) is 0 Å². The first kappa shape index (κ1) is 35.7. The van der Waals surface area contributed by atoms with Crippen molar-refractivity contribution in [3.63, 3.8) is 0 Å². The molecule has 0 bridgehead atoms. The zero-order valence-corrected chi connectivity index (χ0v) is 19.8. The number of hydrogen-bond donors (Lipinski definition) is 0. The molecule has 1 unspecified atom stereocenters. The minimum absolute atomic E-state index is 0.208. The molecule has 1 fully saturated rings. The highest BCUT2D eigenvalue weighted by Gasteiger charge is 2.98. The van der Waals surface area contributed by atoms with Crippen LogP contribution in [0.5, 0.6) is 0 Å². The molecule has 1 aliphatic rings. The minimum atomic E-state index is -9.16. The van der Waals surface area contributed by atoms with Crippen LogP contribution in [0.25, 0.3) is 0 Å². The maximum Gasteiger partial charge on any atom is 0.460 e. The second-order valence-corrected chi connectivity index (χ2v) is 10.2. The molecule has 39 heavy (non-hydrogen) atoms. The van der Waals surface area contributed by atoms with Crippen LogP contribution in [0.15, 0.2) is 0 Å². The van der Waals surface area contributed by atoms with Gasteiger partial charge in [0.25, 0.3) is 0 Å². The van der Waals surface area contributed by atoms with Crippen molar-refractivity contribution < 1.29 is 96.9 Å². The van der Waals surface area contributed by atoms with E-state index in [4.69, 9.17) is 0 Å². The number of ether oxygens (including phenoxy) is 1. The lowest BCUT2D eigenvalue weighted by atomic mass is 9.84. The summed E-state index contributed by atoms with van der Waals surface area (Å²) in [7, 11) is -2.93. The van der Waals surface area contributed by atoms with Gasteiger partial charge < -0.3 is 4.74 Å². The highest BCUT2D eigenvalue weighted by molar-refractivity contribution is 6.38. The minimum Gasteiger partial charge on any atom is -0.373 e. The maximum atomic E-state index is 14.6. The van der Waals surface area contributed by atoms with E-state index in [2.05, 4.69) is 4.74 Å². The van der Waals surface area contributed by atoms with Gasteiger partial charge in [0.2, 0.25) is 0 Å². The van der Waals surface area contributed by atoms with Crippen LogP contribution in [-0.2, 0) is 4.74 Å². The molecule has 0 spiro atoms. The van der Waals surface area contributed by atoms with E-state index < -0.39 is 93.7 Å². The van der Waals surface area contributed by atoms with E-state index >= 15 is 0 Å². The van der Waals surface area contributed by atoms with Crippen molar-refractivity contribution in [2.75, 3.05) is 6.61 Å². The van der Waals surface area contributed by atoms with Crippen LogP contribution in [0.3, 0.4) is 0 Å². The summed E-state index contributed by atoms with van der Waals surface area (Å²) >= 11 is 0. The molecule has 1 aliphatic heterocycles. The van der Waals surface area contributed by atoms with Crippen molar-refractivity contribution in [1.29, 1.82) is 0 Å². The fourth-order valence-electron chi connectivity index (χ4n) is 3.45. The van der Waals surface area contributed by atoms with Crippen molar-refractivity contribution in [2.24, 2.45) is 0 Å².